The number of rotatable bonds is 8. The lowest BCUT2D eigenvalue weighted by Crippen LogP contribution is -2.17. The van der Waals surface area contributed by atoms with E-state index in [0.29, 0.717) is 29.2 Å². The van der Waals surface area contributed by atoms with Gasteiger partial charge in [-0.25, -0.2) is 9.18 Å². The number of halogens is 1. The van der Waals surface area contributed by atoms with Crippen LogP contribution in [-0.4, -0.2) is 24.3 Å². The van der Waals surface area contributed by atoms with Crippen LogP contribution in [0.3, 0.4) is 0 Å². The zero-order valence-corrected chi connectivity index (χ0v) is 18.9. The highest BCUT2D eigenvalue weighted by atomic mass is 19.1. The summed E-state index contributed by atoms with van der Waals surface area (Å²) >= 11 is 0. The molecule has 0 unspecified atom stereocenters. The van der Waals surface area contributed by atoms with Gasteiger partial charge in [0.25, 0.3) is 0 Å². The number of benzene rings is 3. The molecule has 0 radical (unpaired) electrons. The van der Waals surface area contributed by atoms with Gasteiger partial charge in [0.15, 0.2) is 12.2 Å². The highest BCUT2D eigenvalue weighted by Gasteiger charge is 2.19. The van der Waals surface area contributed by atoms with Crippen LogP contribution < -0.4 is 14.9 Å². The third-order valence-corrected chi connectivity index (χ3v) is 5.34. The minimum Gasteiger partial charge on any atom is -0.497 e. The van der Waals surface area contributed by atoms with Crippen LogP contribution in [0.2, 0.25) is 0 Å². The summed E-state index contributed by atoms with van der Waals surface area (Å²) < 4.78 is 33.1. The Kier molecular flexibility index (Phi) is 6.92. The predicted octanol–water partition coefficient (Wildman–Crippen LogP) is 5.42. The highest BCUT2D eigenvalue weighted by molar-refractivity contribution is 5.90. The highest BCUT2D eigenvalue weighted by Crippen LogP contribution is 2.30. The largest absolute Gasteiger partial charge is 0.497 e. The van der Waals surface area contributed by atoms with Gasteiger partial charge in [0.2, 0.25) is 0 Å². The Morgan fingerprint density at radius 2 is 1.74 bits per heavy atom. The summed E-state index contributed by atoms with van der Waals surface area (Å²) in [6.45, 7) is 2.10. The lowest BCUT2D eigenvalue weighted by atomic mass is 10.0. The minimum atomic E-state index is -0.678. The van der Waals surface area contributed by atoms with Gasteiger partial charge in [-0.1, -0.05) is 37.3 Å². The molecule has 0 fully saturated rings. The number of esters is 1. The molecule has 1 heterocycles. The Labute approximate surface area is 196 Å². The zero-order valence-electron chi connectivity index (χ0n) is 18.9. The molecule has 174 valence electrons. The molecule has 4 aromatic rings. The van der Waals surface area contributed by atoms with Crippen molar-refractivity contribution in [3.05, 3.63) is 94.5 Å². The number of ether oxygens (including phenoxy) is 3. The van der Waals surface area contributed by atoms with E-state index < -0.39 is 17.2 Å². The second kappa shape index (κ2) is 10.2. The molecule has 1 aromatic heterocycles. The van der Waals surface area contributed by atoms with E-state index in [1.165, 1.54) is 16.7 Å². The number of aromatic nitrogens is 1. The second-order valence-electron chi connectivity index (χ2n) is 7.61. The van der Waals surface area contributed by atoms with E-state index in [2.05, 4.69) is 0 Å². The van der Waals surface area contributed by atoms with Crippen molar-refractivity contribution in [2.45, 2.75) is 20.1 Å². The minimum absolute atomic E-state index is 0.127. The molecule has 7 heteroatoms. The van der Waals surface area contributed by atoms with Crippen molar-refractivity contribution >= 4 is 16.9 Å². The molecule has 0 saturated carbocycles. The molecule has 6 nitrogen and oxygen atoms in total. The average Bonchev–Trinajstić information content (AvgIpc) is 2.88. The Hall–Kier alpha value is -4.13. The Balaban J connectivity index is 1.85. The summed E-state index contributed by atoms with van der Waals surface area (Å²) in [6.07, 6.45) is 2.29. The molecule has 0 aliphatic carbocycles. The maximum absolute atomic E-state index is 15.0. The van der Waals surface area contributed by atoms with E-state index in [1.807, 2.05) is 6.92 Å². The molecule has 0 aliphatic heterocycles. The summed E-state index contributed by atoms with van der Waals surface area (Å²) in [7, 11) is 1.55. The molecule has 0 N–H and O–H groups in total. The summed E-state index contributed by atoms with van der Waals surface area (Å²) in [4.78, 5) is 25.9. The number of hydrogen-bond donors (Lipinski definition) is 0. The number of nitrogens with zero attached hydrogens (tertiary/aromatic N) is 1. The number of fused-ring (bicyclic) bond motifs is 1. The summed E-state index contributed by atoms with van der Waals surface area (Å²) in [5.41, 5.74) is 0.978. The molecular weight excluding hydrogens is 437 g/mol. The molecule has 0 spiro atoms. The smallest absolute Gasteiger partial charge is 0.339 e. The number of carbonyl (C=O) groups is 1. The molecular formula is C27H24FNO5. The fraction of sp³-hybridized carbons (Fsp3) is 0.185. The third-order valence-electron chi connectivity index (χ3n) is 5.34. The number of carbonyl (C=O) groups excluding carboxylic acids is 1. The van der Waals surface area contributed by atoms with Crippen molar-refractivity contribution < 1.29 is 23.4 Å². The van der Waals surface area contributed by atoms with E-state index in [4.69, 9.17) is 14.2 Å². The van der Waals surface area contributed by atoms with Crippen LogP contribution in [0, 0.1) is 5.82 Å². The molecule has 0 amide bonds. The second-order valence-corrected chi connectivity index (χ2v) is 7.61. The van der Waals surface area contributed by atoms with E-state index in [1.54, 1.807) is 67.9 Å². The van der Waals surface area contributed by atoms with Crippen molar-refractivity contribution in [1.82, 2.24) is 4.57 Å². The van der Waals surface area contributed by atoms with Crippen LogP contribution in [0.4, 0.5) is 4.39 Å². The van der Waals surface area contributed by atoms with Crippen LogP contribution in [0.25, 0.3) is 22.0 Å². The van der Waals surface area contributed by atoms with Crippen molar-refractivity contribution in [3.63, 3.8) is 0 Å². The van der Waals surface area contributed by atoms with Crippen molar-refractivity contribution in [2.75, 3.05) is 13.7 Å². The monoisotopic (exact) mass is 461 g/mol. The summed E-state index contributed by atoms with van der Waals surface area (Å²) in [5, 5.41) is -0.127. The van der Waals surface area contributed by atoms with Gasteiger partial charge >= 0.3 is 5.97 Å². The molecule has 0 atom stereocenters. The Morgan fingerprint density at radius 3 is 2.41 bits per heavy atom. The average molecular weight is 461 g/mol. The van der Waals surface area contributed by atoms with E-state index in [-0.39, 0.29) is 23.2 Å². The van der Waals surface area contributed by atoms with Gasteiger partial charge in [0.1, 0.15) is 22.8 Å². The standard InChI is InChI=1S/C27H24FNO5/c1-3-15-33-23-14-13-22(28)24-25(23)29(17-34-27(31)19-7-5-4-6-8-19)16-21(26(24)30)18-9-11-20(32-2)12-10-18/h4-14,16H,3,15,17H2,1-2H3. The van der Waals surface area contributed by atoms with Crippen LogP contribution in [0.5, 0.6) is 11.5 Å². The number of pyridine rings is 1. The van der Waals surface area contributed by atoms with Gasteiger partial charge in [0.05, 0.1) is 24.7 Å². The Bertz CT molecular complexity index is 1360. The van der Waals surface area contributed by atoms with Crippen molar-refractivity contribution in [2.24, 2.45) is 0 Å². The van der Waals surface area contributed by atoms with Crippen molar-refractivity contribution in [1.29, 1.82) is 0 Å². The SMILES string of the molecule is CCCOc1ccc(F)c2c(=O)c(-c3ccc(OC)cc3)cn(COC(=O)c3ccccc3)c12. The fourth-order valence-corrected chi connectivity index (χ4v) is 3.65. The quantitative estimate of drug-likeness (QED) is 0.328. The topological polar surface area (TPSA) is 66.8 Å². The van der Waals surface area contributed by atoms with Gasteiger partial charge in [-0.2, -0.15) is 0 Å². The van der Waals surface area contributed by atoms with Gasteiger partial charge in [-0.3, -0.25) is 4.79 Å². The van der Waals surface area contributed by atoms with Crippen LogP contribution in [0.1, 0.15) is 23.7 Å². The lowest BCUT2D eigenvalue weighted by Gasteiger charge is -2.17. The first-order valence-electron chi connectivity index (χ1n) is 10.9. The fourth-order valence-electron chi connectivity index (χ4n) is 3.65. The van der Waals surface area contributed by atoms with Gasteiger partial charge < -0.3 is 18.8 Å². The molecule has 0 bridgehead atoms. The number of hydrogen-bond acceptors (Lipinski definition) is 5. The third kappa shape index (κ3) is 4.64. The first-order chi connectivity index (χ1) is 16.5. The lowest BCUT2D eigenvalue weighted by molar-refractivity contribution is 0.0378. The van der Waals surface area contributed by atoms with E-state index in [9.17, 15) is 9.59 Å². The summed E-state index contributed by atoms with van der Waals surface area (Å²) in [5.74, 6) is -0.247. The van der Waals surface area contributed by atoms with Crippen molar-refractivity contribution in [3.8, 4) is 22.6 Å². The van der Waals surface area contributed by atoms with Gasteiger partial charge in [0, 0.05) is 11.8 Å². The first kappa shape index (κ1) is 23.0. The van der Waals surface area contributed by atoms with Crippen LogP contribution in [-0.2, 0) is 11.5 Å². The summed E-state index contributed by atoms with van der Waals surface area (Å²) in [6, 6.07) is 18.1. The van der Waals surface area contributed by atoms with Crippen LogP contribution >= 0.6 is 0 Å². The zero-order chi connectivity index (χ0) is 24.1. The molecule has 3 aromatic carbocycles. The maximum atomic E-state index is 15.0. The molecule has 0 aliphatic rings. The normalized spacial score (nSPS) is 10.8. The van der Waals surface area contributed by atoms with Gasteiger partial charge in [-0.15, -0.1) is 0 Å². The van der Waals surface area contributed by atoms with Gasteiger partial charge in [-0.05, 0) is 48.4 Å². The molecule has 0 saturated heterocycles. The number of methoxy groups -OCH3 is 1. The predicted molar refractivity (Wildman–Crippen MR) is 128 cm³/mol. The van der Waals surface area contributed by atoms with E-state index >= 15 is 4.39 Å². The Morgan fingerprint density at radius 1 is 1.00 bits per heavy atom. The van der Waals surface area contributed by atoms with Crippen LogP contribution in [0.15, 0.2) is 77.7 Å². The molecule has 34 heavy (non-hydrogen) atoms. The van der Waals surface area contributed by atoms with E-state index in [0.717, 1.165) is 6.42 Å². The molecule has 4 rings (SSSR count). The first-order valence-corrected chi connectivity index (χ1v) is 10.9. The maximum Gasteiger partial charge on any atom is 0.339 e.